The first kappa shape index (κ1) is 17.4. The molecule has 0 bridgehead atoms. The number of sulfonamides is 1. The SMILES string of the molecule is O=S1(=O)CCN2C=NC=C(c3ccc(OCc4cccc(F)c4)cc3)C2=N1. The van der Waals surface area contributed by atoms with Crippen molar-refractivity contribution in [2.24, 2.45) is 9.39 Å². The maximum absolute atomic E-state index is 13.2. The lowest BCUT2D eigenvalue weighted by molar-refractivity contribution is 0.305. The van der Waals surface area contributed by atoms with Crippen molar-refractivity contribution >= 4 is 27.8 Å². The summed E-state index contributed by atoms with van der Waals surface area (Å²) in [6.07, 6.45) is 3.17. The number of ether oxygens (including phenoxy) is 1. The van der Waals surface area contributed by atoms with E-state index in [1.807, 2.05) is 12.1 Å². The van der Waals surface area contributed by atoms with Gasteiger partial charge in [0.05, 0.1) is 12.1 Å². The largest absolute Gasteiger partial charge is 0.489 e. The summed E-state index contributed by atoms with van der Waals surface area (Å²) in [5.74, 6) is 0.675. The van der Waals surface area contributed by atoms with Gasteiger partial charge in [0.2, 0.25) is 0 Å². The summed E-state index contributed by atoms with van der Waals surface area (Å²) in [6.45, 7) is 0.583. The second kappa shape index (κ2) is 6.96. The molecule has 0 spiro atoms. The van der Waals surface area contributed by atoms with Gasteiger partial charge < -0.3 is 9.64 Å². The highest BCUT2D eigenvalue weighted by Gasteiger charge is 2.28. The summed E-state index contributed by atoms with van der Waals surface area (Å²) in [6, 6.07) is 13.4. The summed E-state index contributed by atoms with van der Waals surface area (Å²) in [5, 5.41) is 0. The van der Waals surface area contributed by atoms with Gasteiger partial charge >= 0.3 is 0 Å². The number of aliphatic imine (C=N–C) groups is 1. The third kappa shape index (κ3) is 3.90. The summed E-state index contributed by atoms with van der Waals surface area (Å²) in [4.78, 5) is 5.90. The summed E-state index contributed by atoms with van der Waals surface area (Å²) >= 11 is 0. The average molecular weight is 385 g/mol. The first-order chi connectivity index (χ1) is 13.0. The third-order valence-corrected chi connectivity index (χ3v) is 5.35. The predicted octanol–water partition coefficient (Wildman–Crippen LogP) is 2.83. The van der Waals surface area contributed by atoms with Gasteiger partial charge in [0.1, 0.15) is 18.2 Å². The van der Waals surface area contributed by atoms with Crippen molar-refractivity contribution in [3.8, 4) is 5.75 Å². The van der Waals surface area contributed by atoms with E-state index in [1.165, 1.54) is 12.1 Å². The number of halogens is 1. The van der Waals surface area contributed by atoms with Crippen LogP contribution in [0, 0.1) is 5.82 Å². The van der Waals surface area contributed by atoms with Gasteiger partial charge in [0.15, 0.2) is 5.84 Å². The van der Waals surface area contributed by atoms with E-state index < -0.39 is 10.0 Å². The van der Waals surface area contributed by atoms with E-state index in [2.05, 4.69) is 9.39 Å². The molecule has 2 aromatic carbocycles. The third-order valence-electron chi connectivity index (χ3n) is 4.20. The van der Waals surface area contributed by atoms with Crippen LogP contribution in [0.2, 0.25) is 0 Å². The fourth-order valence-electron chi connectivity index (χ4n) is 2.84. The van der Waals surface area contributed by atoms with Crippen molar-refractivity contribution in [3.05, 3.63) is 71.7 Å². The highest BCUT2D eigenvalue weighted by Crippen LogP contribution is 2.26. The first-order valence-corrected chi connectivity index (χ1v) is 9.92. The number of hydrogen-bond acceptors (Lipinski definition) is 5. The maximum atomic E-state index is 13.2. The van der Waals surface area contributed by atoms with Crippen molar-refractivity contribution in [2.45, 2.75) is 6.61 Å². The molecule has 138 valence electrons. The monoisotopic (exact) mass is 385 g/mol. The van der Waals surface area contributed by atoms with E-state index in [0.717, 1.165) is 11.1 Å². The van der Waals surface area contributed by atoms with Gasteiger partial charge in [-0.2, -0.15) is 0 Å². The molecule has 0 atom stereocenters. The molecule has 0 fully saturated rings. The molecule has 2 aromatic rings. The van der Waals surface area contributed by atoms with Crippen molar-refractivity contribution in [3.63, 3.8) is 0 Å². The smallest absolute Gasteiger partial charge is 0.256 e. The Hall–Kier alpha value is -3.00. The Bertz CT molecular complexity index is 1060. The van der Waals surface area contributed by atoms with Gasteiger partial charge in [-0.25, -0.2) is 17.8 Å². The van der Waals surface area contributed by atoms with Crippen LogP contribution in [0.4, 0.5) is 4.39 Å². The van der Waals surface area contributed by atoms with E-state index in [4.69, 9.17) is 4.74 Å². The van der Waals surface area contributed by atoms with Crippen molar-refractivity contribution < 1.29 is 17.5 Å². The highest BCUT2D eigenvalue weighted by molar-refractivity contribution is 7.90. The standard InChI is InChI=1S/C19H16FN3O3S/c20-16-3-1-2-14(10-16)12-26-17-6-4-15(5-7-17)18-11-21-13-23-8-9-27(24,25)22-19(18)23/h1-7,10-11,13H,8-9,12H2. The van der Waals surface area contributed by atoms with Gasteiger partial charge in [-0.15, -0.1) is 4.40 Å². The van der Waals surface area contributed by atoms with Crippen LogP contribution in [0.3, 0.4) is 0 Å². The molecule has 2 heterocycles. The topological polar surface area (TPSA) is 71.3 Å². The van der Waals surface area contributed by atoms with Crippen molar-refractivity contribution in [2.75, 3.05) is 12.3 Å². The number of nitrogens with zero attached hydrogens (tertiary/aromatic N) is 3. The van der Waals surface area contributed by atoms with Crippen LogP contribution in [-0.4, -0.2) is 37.8 Å². The Kier molecular flexibility index (Phi) is 4.49. The number of hydrogen-bond donors (Lipinski definition) is 0. The van der Waals surface area contributed by atoms with Crippen LogP contribution in [0.5, 0.6) is 5.75 Å². The zero-order chi connectivity index (χ0) is 18.9. The second-order valence-electron chi connectivity index (χ2n) is 6.14. The number of fused-ring (bicyclic) bond motifs is 1. The summed E-state index contributed by atoms with van der Waals surface area (Å²) < 4.78 is 46.5. The van der Waals surface area contributed by atoms with Gasteiger partial charge in [-0.05, 0) is 35.4 Å². The molecular weight excluding hydrogens is 369 g/mol. The predicted molar refractivity (Wildman–Crippen MR) is 102 cm³/mol. The summed E-state index contributed by atoms with van der Waals surface area (Å²) in [5.41, 5.74) is 2.16. The van der Waals surface area contributed by atoms with E-state index >= 15 is 0 Å². The first-order valence-electron chi connectivity index (χ1n) is 8.31. The molecule has 0 aliphatic carbocycles. The van der Waals surface area contributed by atoms with Crippen LogP contribution in [-0.2, 0) is 16.6 Å². The zero-order valence-corrected chi connectivity index (χ0v) is 15.1. The average Bonchev–Trinajstić information content (AvgIpc) is 2.66. The van der Waals surface area contributed by atoms with Crippen molar-refractivity contribution in [1.29, 1.82) is 0 Å². The fourth-order valence-corrected chi connectivity index (χ4v) is 3.83. The van der Waals surface area contributed by atoms with Gasteiger partial charge in [0, 0.05) is 18.3 Å². The number of benzene rings is 2. The second-order valence-corrected chi connectivity index (χ2v) is 7.90. The Labute approximate surface area is 156 Å². The molecule has 4 rings (SSSR count). The van der Waals surface area contributed by atoms with E-state index in [1.54, 1.807) is 41.7 Å². The number of amidine groups is 1. The van der Waals surface area contributed by atoms with Crippen molar-refractivity contribution in [1.82, 2.24) is 4.90 Å². The molecule has 8 heteroatoms. The minimum Gasteiger partial charge on any atom is -0.489 e. The Morgan fingerprint density at radius 2 is 1.96 bits per heavy atom. The van der Waals surface area contributed by atoms with Gasteiger partial charge in [-0.3, -0.25) is 0 Å². The van der Waals surface area contributed by atoms with Crippen LogP contribution in [0.1, 0.15) is 11.1 Å². The van der Waals surface area contributed by atoms with E-state index in [0.29, 0.717) is 23.7 Å². The van der Waals surface area contributed by atoms with Gasteiger partial charge in [0.25, 0.3) is 10.0 Å². The van der Waals surface area contributed by atoms with Crippen LogP contribution in [0.15, 0.2) is 64.1 Å². The van der Waals surface area contributed by atoms with E-state index in [9.17, 15) is 12.8 Å². The Balaban J connectivity index is 1.52. The fraction of sp³-hybridized carbons (Fsp3) is 0.158. The minimum atomic E-state index is -3.46. The van der Waals surface area contributed by atoms with Crippen LogP contribution >= 0.6 is 0 Å². The molecule has 0 aromatic heterocycles. The molecule has 27 heavy (non-hydrogen) atoms. The minimum absolute atomic E-state index is 0.0251. The lowest BCUT2D eigenvalue weighted by Crippen LogP contribution is -2.40. The molecule has 0 unspecified atom stereocenters. The zero-order valence-electron chi connectivity index (χ0n) is 14.2. The molecule has 0 saturated carbocycles. The maximum Gasteiger partial charge on any atom is 0.256 e. The lowest BCUT2D eigenvalue weighted by atomic mass is 10.0. The molecule has 0 N–H and O–H groups in total. The number of rotatable bonds is 4. The molecular formula is C19H16FN3O3S. The molecule has 0 amide bonds. The lowest BCUT2D eigenvalue weighted by Gasteiger charge is -2.28. The van der Waals surface area contributed by atoms with Crippen LogP contribution in [0.25, 0.3) is 5.57 Å². The van der Waals surface area contributed by atoms with Gasteiger partial charge in [-0.1, -0.05) is 24.3 Å². The molecule has 2 aliphatic rings. The Morgan fingerprint density at radius 3 is 2.74 bits per heavy atom. The van der Waals surface area contributed by atoms with Crippen LogP contribution < -0.4 is 4.74 Å². The molecule has 0 saturated heterocycles. The molecule has 2 aliphatic heterocycles. The molecule has 6 nitrogen and oxygen atoms in total. The highest BCUT2D eigenvalue weighted by atomic mass is 32.2. The Morgan fingerprint density at radius 1 is 1.15 bits per heavy atom. The molecule has 0 radical (unpaired) electrons. The van der Waals surface area contributed by atoms with E-state index in [-0.39, 0.29) is 18.2 Å². The normalized spacial score (nSPS) is 17.7. The quantitative estimate of drug-likeness (QED) is 0.811. The summed E-state index contributed by atoms with van der Waals surface area (Å²) in [7, 11) is -3.46.